The van der Waals surface area contributed by atoms with Crippen LogP contribution >= 0.6 is 0 Å². The SMILES string of the molecule is C[C@H](O)CN1c2cccc(-c3cccc(OC(F)(F)F)c3)c2CC[C@H]1c1cccc(OC(F)F)c1. The van der Waals surface area contributed by atoms with E-state index in [4.69, 9.17) is 0 Å². The van der Waals surface area contributed by atoms with Crippen LogP contribution < -0.4 is 14.4 Å². The molecule has 3 aromatic rings. The molecule has 0 aromatic heterocycles. The van der Waals surface area contributed by atoms with E-state index in [1.165, 1.54) is 24.3 Å². The molecular formula is C26H24F5NO3. The van der Waals surface area contributed by atoms with Gasteiger partial charge < -0.3 is 19.5 Å². The lowest BCUT2D eigenvalue weighted by Gasteiger charge is -2.41. The summed E-state index contributed by atoms with van der Waals surface area (Å²) in [6.45, 7) is -1.01. The van der Waals surface area contributed by atoms with Crippen LogP contribution in [0.25, 0.3) is 11.1 Å². The summed E-state index contributed by atoms with van der Waals surface area (Å²) in [5.41, 5.74) is 3.85. The lowest BCUT2D eigenvalue weighted by atomic mass is 9.86. The molecule has 4 rings (SSSR count). The van der Waals surface area contributed by atoms with E-state index < -0.39 is 19.1 Å². The van der Waals surface area contributed by atoms with Crippen molar-refractivity contribution in [1.82, 2.24) is 0 Å². The van der Waals surface area contributed by atoms with E-state index in [1.54, 1.807) is 31.2 Å². The highest BCUT2D eigenvalue weighted by atomic mass is 19.4. The standard InChI is InChI=1S/C26H24F5NO3/c1-16(33)15-32-23(18-6-3-7-19(14-18)34-25(27)28)12-11-22-21(9-4-10-24(22)32)17-5-2-8-20(13-17)35-26(29,30)31/h2-10,13-14,16,23,25,33H,11-12,15H2,1H3/t16-,23-/m0/s1. The van der Waals surface area contributed by atoms with Gasteiger partial charge in [0.25, 0.3) is 0 Å². The highest BCUT2D eigenvalue weighted by Gasteiger charge is 2.32. The number of halogens is 5. The first-order chi connectivity index (χ1) is 16.6. The Morgan fingerprint density at radius 3 is 2.43 bits per heavy atom. The van der Waals surface area contributed by atoms with E-state index in [0.717, 1.165) is 22.4 Å². The number of rotatable bonds is 7. The number of fused-ring (bicyclic) bond motifs is 1. The summed E-state index contributed by atoms with van der Waals surface area (Å²) in [6, 6.07) is 17.6. The van der Waals surface area contributed by atoms with Crippen LogP contribution in [0.2, 0.25) is 0 Å². The van der Waals surface area contributed by atoms with Crippen molar-refractivity contribution in [2.75, 3.05) is 11.4 Å². The number of β-amino-alcohol motifs (C(OH)–C–C–N with tert-alkyl or cyclic N) is 1. The Bertz CT molecular complexity index is 1170. The van der Waals surface area contributed by atoms with E-state index in [1.807, 2.05) is 23.1 Å². The van der Waals surface area contributed by atoms with Gasteiger partial charge in [-0.25, -0.2) is 0 Å². The fourth-order valence-electron chi connectivity index (χ4n) is 4.60. The summed E-state index contributed by atoms with van der Waals surface area (Å²) in [4.78, 5) is 2.00. The number of alkyl halides is 5. The van der Waals surface area contributed by atoms with Gasteiger partial charge >= 0.3 is 13.0 Å². The Labute approximate surface area is 199 Å². The van der Waals surface area contributed by atoms with Gasteiger partial charge in [0.05, 0.1) is 12.1 Å². The lowest BCUT2D eigenvalue weighted by Crippen LogP contribution is -2.38. The lowest BCUT2D eigenvalue weighted by molar-refractivity contribution is -0.274. The summed E-state index contributed by atoms with van der Waals surface area (Å²) in [5, 5.41) is 10.2. The minimum atomic E-state index is -4.79. The number of ether oxygens (including phenoxy) is 2. The van der Waals surface area contributed by atoms with Gasteiger partial charge in [-0.15, -0.1) is 13.2 Å². The van der Waals surface area contributed by atoms with Gasteiger partial charge in [0.15, 0.2) is 0 Å². The largest absolute Gasteiger partial charge is 0.573 e. The molecule has 1 heterocycles. The van der Waals surface area contributed by atoms with Gasteiger partial charge in [0.2, 0.25) is 0 Å². The van der Waals surface area contributed by atoms with Crippen LogP contribution in [-0.2, 0) is 6.42 Å². The molecule has 0 saturated heterocycles. The van der Waals surface area contributed by atoms with Gasteiger partial charge in [0, 0.05) is 12.2 Å². The summed E-state index contributed by atoms with van der Waals surface area (Å²) >= 11 is 0. The quantitative estimate of drug-likeness (QED) is 0.371. The second-order valence-electron chi connectivity index (χ2n) is 8.39. The van der Waals surface area contributed by atoms with Crippen LogP contribution in [0.15, 0.2) is 66.7 Å². The first-order valence-electron chi connectivity index (χ1n) is 11.1. The number of nitrogens with zero attached hydrogens (tertiary/aromatic N) is 1. The van der Waals surface area contributed by atoms with Crippen molar-refractivity contribution in [1.29, 1.82) is 0 Å². The van der Waals surface area contributed by atoms with Crippen LogP contribution in [0.1, 0.15) is 30.5 Å². The molecule has 0 unspecified atom stereocenters. The predicted molar refractivity (Wildman–Crippen MR) is 122 cm³/mol. The molecule has 1 aliphatic heterocycles. The Hall–Kier alpha value is -3.33. The third-order valence-electron chi connectivity index (χ3n) is 5.81. The smallest absolute Gasteiger partial charge is 0.435 e. The maximum atomic E-state index is 12.7. The molecule has 0 fully saturated rings. The molecule has 4 nitrogen and oxygen atoms in total. The first-order valence-corrected chi connectivity index (χ1v) is 11.1. The fraction of sp³-hybridized carbons (Fsp3) is 0.308. The maximum absolute atomic E-state index is 12.7. The van der Waals surface area contributed by atoms with Crippen LogP contribution in [-0.4, -0.2) is 30.7 Å². The Balaban J connectivity index is 1.73. The van der Waals surface area contributed by atoms with Crippen molar-refractivity contribution in [3.63, 3.8) is 0 Å². The molecule has 1 aliphatic rings. The first kappa shape index (κ1) is 24.8. The maximum Gasteiger partial charge on any atom is 0.573 e. The van der Waals surface area contributed by atoms with E-state index in [2.05, 4.69) is 9.47 Å². The monoisotopic (exact) mass is 493 g/mol. The van der Waals surface area contributed by atoms with Crippen molar-refractivity contribution >= 4 is 5.69 Å². The number of benzene rings is 3. The Morgan fingerprint density at radius 2 is 1.71 bits per heavy atom. The van der Waals surface area contributed by atoms with Crippen molar-refractivity contribution in [3.8, 4) is 22.6 Å². The van der Waals surface area contributed by atoms with Gasteiger partial charge in [-0.2, -0.15) is 8.78 Å². The molecular weight excluding hydrogens is 469 g/mol. The van der Waals surface area contributed by atoms with Gasteiger partial charge in [-0.05, 0) is 72.4 Å². The molecule has 0 aliphatic carbocycles. The molecule has 0 bridgehead atoms. The number of hydrogen-bond donors (Lipinski definition) is 1. The van der Waals surface area contributed by atoms with Crippen LogP contribution in [0.4, 0.5) is 27.6 Å². The molecule has 0 saturated carbocycles. The number of aliphatic hydroxyl groups is 1. The summed E-state index contributed by atoms with van der Waals surface area (Å²) in [5.74, 6) is -0.256. The molecule has 2 atom stereocenters. The van der Waals surface area contributed by atoms with Gasteiger partial charge in [-0.3, -0.25) is 0 Å². The fourth-order valence-corrected chi connectivity index (χ4v) is 4.60. The van der Waals surface area contributed by atoms with Gasteiger partial charge in [0.1, 0.15) is 11.5 Å². The molecule has 0 amide bonds. The third kappa shape index (κ3) is 6.03. The highest BCUT2D eigenvalue weighted by molar-refractivity contribution is 5.76. The van der Waals surface area contributed by atoms with E-state index in [0.29, 0.717) is 18.4 Å². The van der Waals surface area contributed by atoms with E-state index in [9.17, 15) is 27.1 Å². The van der Waals surface area contributed by atoms with Crippen LogP contribution in [0, 0.1) is 0 Å². The second-order valence-corrected chi connectivity index (χ2v) is 8.39. The van der Waals surface area contributed by atoms with Crippen molar-refractivity contribution in [2.24, 2.45) is 0 Å². The third-order valence-corrected chi connectivity index (χ3v) is 5.81. The summed E-state index contributed by atoms with van der Waals surface area (Å²) in [6.07, 6.45) is -4.28. The van der Waals surface area contributed by atoms with Gasteiger partial charge in [-0.1, -0.05) is 36.4 Å². The van der Waals surface area contributed by atoms with E-state index in [-0.39, 0.29) is 24.1 Å². The molecule has 1 N–H and O–H groups in total. The van der Waals surface area contributed by atoms with Crippen molar-refractivity contribution in [3.05, 3.63) is 77.9 Å². The zero-order valence-electron chi connectivity index (χ0n) is 18.8. The second kappa shape index (κ2) is 10.1. The number of aliphatic hydroxyl groups excluding tert-OH is 1. The van der Waals surface area contributed by atoms with Crippen LogP contribution in [0.3, 0.4) is 0 Å². The predicted octanol–water partition coefficient (Wildman–Crippen LogP) is 6.73. The molecule has 0 spiro atoms. The number of hydrogen-bond acceptors (Lipinski definition) is 4. The zero-order valence-corrected chi connectivity index (χ0v) is 18.8. The summed E-state index contributed by atoms with van der Waals surface area (Å²) < 4.78 is 72.3. The zero-order chi connectivity index (χ0) is 25.2. The molecule has 3 aromatic carbocycles. The summed E-state index contributed by atoms with van der Waals surface area (Å²) in [7, 11) is 0. The molecule has 0 radical (unpaired) electrons. The topological polar surface area (TPSA) is 41.9 Å². The van der Waals surface area contributed by atoms with Crippen molar-refractivity contribution in [2.45, 2.75) is 44.9 Å². The molecule has 35 heavy (non-hydrogen) atoms. The minimum absolute atomic E-state index is 0.0514. The minimum Gasteiger partial charge on any atom is -0.435 e. The van der Waals surface area contributed by atoms with Crippen molar-refractivity contribution < 1.29 is 36.5 Å². The van der Waals surface area contributed by atoms with Crippen LogP contribution in [0.5, 0.6) is 11.5 Å². The molecule has 9 heteroatoms. The Kier molecular flexibility index (Phi) is 7.16. The molecule has 186 valence electrons. The normalized spacial score (nSPS) is 16.7. The highest BCUT2D eigenvalue weighted by Crippen LogP contribution is 2.43. The average Bonchev–Trinajstić information content (AvgIpc) is 2.77. The van der Waals surface area contributed by atoms with E-state index >= 15 is 0 Å². The Morgan fingerprint density at radius 1 is 1.00 bits per heavy atom. The number of anilines is 1. The average molecular weight is 493 g/mol.